The largest absolute Gasteiger partial charge is 0.467 e. The molecule has 1 aromatic rings. The maximum absolute atomic E-state index is 5.19. The highest BCUT2D eigenvalue weighted by molar-refractivity contribution is 5.05. The number of hydrogen-bond donors (Lipinski definition) is 1. The third kappa shape index (κ3) is 1.48. The lowest BCUT2D eigenvalue weighted by Gasteiger charge is -2.28. The lowest BCUT2D eigenvalue weighted by Crippen LogP contribution is -2.22. The highest BCUT2D eigenvalue weighted by Gasteiger charge is 2.25. The first-order chi connectivity index (χ1) is 6.86. The molecule has 1 aliphatic carbocycles. The minimum Gasteiger partial charge on any atom is -0.467 e. The number of nitrogens with one attached hydrogen (secondary N) is 1. The molecule has 0 saturated heterocycles. The molecular formula is C9H16N4O. The molecule has 1 saturated carbocycles. The molecule has 0 radical (unpaired) electrons. The van der Waals surface area contributed by atoms with Crippen molar-refractivity contribution in [3.8, 4) is 6.01 Å². The summed E-state index contributed by atoms with van der Waals surface area (Å²) in [5.41, 5.74) is 0. The number of methoxy groups -OCH3 is 1. The van der Waals surface area contributed by atoms with Gasteiger partial charge in [0.25, 0.3) is 0 Å². The predicted molar refractivity (Wildman–Crippen MR) is 52.2 cm³/mol. The molecule has 14 heavy (non-hydrogen) atoms. The summed E-state index contributed by atoms with van der Waals surface area (Å²) in [4.78, 5) is 0. The monoisotopic (exact) mass is 196 g/mol. The summed E-state index contributed by atoms with van der Waals surface area (Å²) in [7, 11) is 3.55. The van der Waals surface area contributed by atoms with Gasteiger partial charge in [-0.05, 0) is 26.3 Å². The van der Waals surface area contributed by atoms with Crippen LogP contribution in [0.3, 0.4) is 0 Å². The molecule has 0 aliphatic heterocycles. The van der Waals surface area contributed by atoms with Gasteiger partial charge >= 0.3 is 6.01 Å². The van der Waals surface area contributed by atoms with Crippen LogP contribution >= 0.6 is 0 Å². The van der Waals surface area contributed by atoms with Crippen LogP contribution in [0.15, 0.2) is 0 Å². The third-order valence-corrected chi connectivity index (χ3v) is 2.69. The Bertz CT molecular complexity index is 306. The Hall–Kier alpha value is -1.10. The van der Waals surface area contributed by atoms with Gasteiger partial charge in [-0.1, -0.05) is 5.10 Å². The average Bonchev–Trinajstić information content (AvgIpc) is 2.47. The van der Waals surface area contributed by atoms with Gasteiger partial charge in [-0.3, -0.25) is 4.57 Å². The van der Waals surface area contributed by atoms with Gasteiger partial charge in [0.1, 0.15) is 5.82 Å². The molecular weight excluding hydrogens is 180 g/mol. The van der Waals surface area contributed by atoms with Crippen molar-refractivity contribution in [2.24, 2.45) is 0 Å². The number of nitrogens with zero attached hydrogens (tertiary/aromatic N) is 3. The van der Waals surface area contributed by atoms with Crippen LogP contribution in [0.2, 0.25) is 0 Å². The molecule has 0 bridgehead atoms. The van der Waals surface area contributed by atoms with Crippen LogP contribution in [0.25, 0.3) is 0 Å². The fourth-order valence-electron chi connectivity index (χ4n) is 1.74. The zero-order valence-corrected chi connectivity index (χ0v) is 8.66. The predicted octanol–water partition coefficient (Wildman–Crippen LogP) is 0.731. The number of aromatic nitrogens is 3. The van der Waals surface area contributed by atoms with Gasteiger partial charge in [-0.15, -0.1) is 5.10 Å². The van der Waals surface area contributed by atoms with E-state index in [1.54, 1.807) is 7.11 Å². The lowest BCUT2D eigenvalue weighted by molar-refractivity contribution is 0.261. The Balaban J connectivity index is 2.25. The number of hydrogen-bond acceptors (Lipinski definition) is 4. The molecule has 0 atom stereocenters. The summed E-state index contributed by atoms with van der Waals surface area (Å²) in [6.45, 7) is 0.743. The summed E-state index contributed by atoms with van der Waals surface area (Å²) in [6, 6.07) is 1.18. The Morgan fingerprint density at radius 1 is 1.50 bits per heavy atom. The van der Waals surface area contributed by atoms with E-state index in [9.17, 15) is 0 Å². The Kier molecular flexibility index (Phi) is 2.67. The van der Waals surface area contributed by atoms with Gasteiger partial charge in [-0.2, -0.15) is 0 Å². The van der Waals surface area contributed by atoms with Crippen LogP contribution in [-0.4, -0.2) is 28.9 Å². The van der Waals surface area contributed by atoms with Crippen molar-refractivity contribution in [2.75, 3.05) is 14.2 Å². The number of rotatable bonds is 4. The second kappa shape index (κ2) is 3.96. The average molecular weight is 196 g/mol. The second-order valence-corrected chi connectivity index (χ2v) is 3.59. The zero-order chi connectivity index (χ0) is 9.97. The highest BCUT2D eigenvalue weighted by Crippen LogP contribution is 2.34. The van der Waals surface area contributed by atoms with Gasteiger partial charge in [-0.25, -0.2) is 0 Å². The Morgan fingerprint density at radius 3 is 2.79 bits per heavy atom. The van der Waals surface area contributed by atoms with Gasteiger partial charge in [0.2, 0.25) is 0 Å². The van der Waals surface area contributed by atoms with Crippen molar-refractivity contribution in [3.63, 3.8) is 0 Å². The Labute approximate surface area is 83.5 Å². The van der Waals surface area contributed by atoms with Crippen molar-refractivity contribution < 1.29 is 4.74 Å². The smallest absolute Gasteiger partial charge is 0.316 e. The molecule has 1 N–H and O–H groups in total. The third-order valence-electron chi connectivity index (χ3n) is 2.69. The minimum absolute atomic E-state index is 0.545. The Morgan fingerprint density at radius 2 is 2.29 bits per heavy atom. The van der Waals surface area contributed by atoms with Crippen LogP contribution < -0.4 is 10.1 Å². The van der Waals surface area contributed by atoms with Crippen molar-refractivity contribution >= 4 is 0 Å². The molecule has 1 heterocycles. The quantitative estimate of drug-likeness (QED) is 0.771. The summed E-state index contributed by atoms with van der Waals surface area (Å²) in [5.74, 6) is 0.967. The molecule has 1 aliphatic rings. The first-order valence-electron chi connectivity index (χ1n) is 4.99. The molecule has 5 heteroatoms. The molecule has 5 nitrogen and oxygen atoms in total. The summed E-state index contributed by atoms with van der Waals surface area (Å²) < 4.78 is 7.30. The summed E-state index contributed by atoms with van der Waals surface area (Å²) in [5, 5.41) is 11.2. The molecule has 0 spiro atoms. The van der Waals surface area contributed by atoms with Crippen molar-refractivity contribution in [1.82, 2.24) is 20.1 Å². The van der Waals surface area contributed by atoms with E-state index in [0.717, 1.165) is 12.4 Å². The maximum Gasteiger partial charge on any atom is 0.316 e. The van der Waals surface area contributed by atoms with E-state index in [-0.39, 0.29) is 0 Å². The van der Waals surface area contributed by atoms with E-state index >= 15 is 0 Å². The van der Waals surface area contributed by atoms with Gasteiger partial charge in [0.15, 0.2) is 0 Å². The van der Waals surface area contributed by atoms with Crippen LogP contribution in [0, 0.1) is 0 Å². The molecule has 0 amide bonds. The van der Waals surface area contributed by atoms with E-state index in [2.05, 4.69) is 20.1 Å². The van der Waals surface area contributed by atoms with Crippen LogP contribution in [0.5, 0.6) is 6.01 Å². The molecule has 1 aromatic heterocycles. The van der Waals surface area contributed by atoms with E-state index in [1.807, 2.05) is 7.05 Å². The topological polar surface area (TPSA) is 52.0 Å². The summed E-state index contributed by atoms with van der Waals surface area (Å²) >= 11 is 0. The lowest BCUT2D eigenvalue weighted by atomic mass is 9.93. The van der Waals surface area contributed by atoms with Crippen LogP contribution in [0.4, 0.5) is 0 Å². The fraction of sp³-hybridized carbons (Fsp3) is 0.778. The maximum atomic E-state index is 5.19. The van der Waals surface area contributed by atoms with E-state index in [0.29, 0.717) is 12.1 Å². The van der Waals surface area contributed by atoms with Crippen molar-refractivity contribution in [2.45, 2.75) is 31.8 Å². The zero-order valence-electron chi connectivity index (χ0n) is 8.66. The molecule has 1 fully saturated rings. The standard InChI is InChI=1S/C9H16N4O/c1-10-6-8-11-12-9(14-2)13(8)7-4-3-5-7/h7,10H,3-6H2,1-2H3. The molecule has 0 aromatic carbocycles. The van der Waals surface area contributed by atoms with Gasteiger partial charge < -0.3 is 10.1 Å². The number of ether oxygens (including phenoxy) is 1. The minimum atomic E-state index is 0.545. The molecule has 2 rings (SSSR count). The van der Waals surface area contributed by atoms with Crippen LogP contribution in [0.1, 0.15) is 31.1 Å². The summed E-state index contributed by atoms with van der Waals surface area (Å²) in [6.07, 6.45) is 3.72. The van der Waals surface area contributed by atoms with Crippen LogP contribution in [-0.2, 0) is 6.54 Å². The van der Waals surface area contributed by atoms with Gasteiger partial charge in [0.05, 0.1) is 13.7 Å². The first kappa shape index (κ1) is 9.45. The molecule has 78 valence electrons. The van der Waals surface area contributed by atoms with Gasteiger partial charge in [0, 0.05) is 6.04 Å². The van der Waals surface area contributed by atoms with E-state index in [1.165, 1.54) is 19.3 Å². The SMILES string of the molecule is CNCc1nnc(OC)n1C1CCC1. The first-order valence-corrected chi connectivity index (χ1v) is 4.99. The highest BCUT2D eigenvalue weighted by atomic mass is 16.5. The van der Waals surface area contributed by atoms with E-state index < -0.39 is 0 Å². The van der Waals surface area contributed by atoms with E-state index in [4.69, 9.17) is 4.74 Å². The normalized spacial score (nSPS) is 16.7. The van der Waals surface area contributed by atoms with Crippen molar-refractivity contribution in [1.29, 1.82) is 0 Å². The molecule has 0 unspecified atom stereocenters. The van der Waals surface area contributed by atoms with Crippen molar-refractivity contribution in [3.05, 3.63) is 5.82 Å². The second-order valence-electron chi connectivity index (χ2n) is 3.59. The fourth-order valence-corrected chi connectivity index (χ4v) is 1.74.